The van der Waals surface area contributed by atoms with E-state index in [9.17, 15) is 4.39 Å². The molecule has 3 heteroatoms. The molecule has 0 unspecified atom stereocenters. The molecule has 3 fully saturated rings. The van der Waals surface area contributed by atoms with Crippen molar-refractivity contribution in [3.8, 4) is 5.75 Å². The summed E-state index contributed by atoms with van der Waals surface area (Å²) >= 11 is 0. The minimum absolute atomic E-state index is 0.0446. The van der Waals surface area contributed by atoms with Gasteiger partial charge in [-0.3, -0.25) is 4.99 Å². The molecule has 118 valence electrons. The second kappa shape index (κ2) is 4.81. The number of halogens is 1. The van der Waals surface area contributed by atoms with Crippen molar-refractivity contribution in [3.05, 3.63) is 29.3 Å². The standard InChI is InChI=1S/C19H24FNO/c1-3-4-5-14-8-13-9-15(22-2)6-7-16(13)17(21-14)18-10-19(20,11-18)12-18/h6-7,9,14H,3-5,8,10-12H2,1-2H3/t14-,18?,19?/m0/s1. The Bertz CT molecular complexity index is 617. The first-order valence-corrected chi connectivity index (χ1v) is 8.52. The Hall–Kier alpha value is -1.38. The van der Waals surface area contributed by atoms with Crippen LogP contribution in [0.5, 0.6) is 5.75 Å². The Morgan fingerprint density at radius 1 is 1.32 bits per heavy atom. The molecule has 0 aromatic heterocycles. The molecule has 1 aromatic rings. The number of nitrogens with zero attached hydrogens (tertiary/aromatic N) is 1. The summed E-state index contributed by atoms with van der Waals surface area (Å²) in [6, 6.07) is 6.66. The van der Waals surface area contributed by atoms with Gasteiger partial charge in [0.25, 0.3) is 0 Å². The van der Waals surface area contributed by atoms with Gasteiger partial charge in [-0.2, -0.15) is 0 Å². The van der Waals surface area contributed by atoms with Gasteiger partial charge in [0.2, 0.25) is 0 Å². The lowest BCUT2D eigenvalue weighted by Crippen LogP contribution is -2.68. The summed E-state index contributed by atoms with van der Waals surface area (Å²) in [5.74, 6) is 0.911. The average Bonchev–Trinajstić information content (AvgIpc) is 2.47. The van der Waals surface area contributed by atoms with Gasteiger partial charge >= 0.3 is 0 Å². The van der Waals surface area contributed by atoms with Gasteiger partial charge < -0.3 is 4.74 Å². The van der Waals surface area contributed by atoms with Crippen molar-refractivity contribution in [1.82, 2.24) is 0 Å². The maximum atomic E-state index is 14.0. The van der Waals surface area contributed by atoms with Crippen molar-refractivity contribution < 1.29 is 9.13 Å². The Morgan fingerprint density at radius 3 is 2.73 bits per heavy atom. The number of alkyl halides is 1. The molecular formula is C19H24FNO. The fourth-order valence-corrected chi connectivity index (χ4v) is 4.59. The zero-order chi connectivity index (χ0) is 15.4. The first-order chi connectivity index (χ1) is 10.6. The van der Waals surface area contributed by atoms with Crippen LogP contribution in [0.4, 0.5) is 4.39 Å². The van der Waals surface area contributed by atoms with E-state index >= 15 is 0 Å². The molecule has 22 heavy (non-hydrogen) atoms. The van der Waals surface area contributed by atoms with Crippen molar-refractivity contribution in [3.63, 3.8) is 0 Å². The molecule has 4 aliphatic rings. The number of hydrogen-bond acceptors (Lipinski definition) is 2. The first kappa shape index (κ1) is 14.2. The van der Waals surface area contributed by atoms with Crippen LogP contribution in [-0.4, -0.2) is 24.5 Å². The molecule has 0 saturated heterocycles. The highest BCUT2D eigenvalue weighted by Gasteiger charge is 2.71. The lowest BCUT2D eigenvalue weighted by molar-refractivity contribution is -0.168. The normalized spacial score (nSPS) is 35.0. The van der Waals surface area contributed by atoms with E-state index in [1.165, 1.54) is 29.7 Å². The molecule has 2 bridgehead atoms. The molecule has 0 radical (unpaired) electrons. The minimum atomic E-state index is -0.870. The maximum absolute atomic E-state index is 14.0. The third-order valence-electron chi connectivity index (χ3n) is 5.69. The molecule has 5 rings (SSSR count). The maximum Gasteiger partial charge on any atom is 0.119 e. The molecule has 1 aliphatic heterocycles. The number of ether oxygens (including phenoxy) is 1. The molecule has 0 spiro atoms. The van der Waals surface area contributed by atoms with Crippen LogP contribution in [0, 0.1) is 5.41 Å². The average molecular weight is 301 g/mol. The lowest BCUT2D eigenvalue weighted by atomic mass is 9.40. The molecule has 1 aromatic carbocycles. The molecular weight excluding hydrogens is 277 g/mol. The SMILES string of the molecule is CCCC[C@H]1Cc2cc(OC)ccc2C(C23CC(F)(C2)C3)=N1. The number of aliphatic imine (C=N–C) groups is 1. The predicted molar refractivity (Wildman–Crippen MR) is 86.7 cm³/mol. The lowest BCUT2D eigenvalue weighted by Gasteiger charge is -2.66. The van der Waals surface area contributed by atoms with Gasteiger partial charge in [0.15, 0.2) is 0 Å². The summed E-state index contributed by atoms with van der Waals surface area (Å²) in [6.45, 7) is 2.22. The minimum Gasteiger partial charge on any atom is -0.497 e. The zero-order valence-electron chi connectivity index (χ0n) is 13.5. The van der Waals surface area contributed by atoms with Crippen molar-refractivity contribution in [2.75, 3.05) is 7.11 Å². The number of fused-ring (bicyclic) bond motifs is 1. The van der Waals surface area contributed by atoms with E-state index in [0.717, 1.165) is 18.6 Å². The molecule has 0 amide bonds. The molecule has 2 nitrogen and oxygen atoms in total. The van der Waals surface area contributed by atoms with E-state index in [1.807, 2.05) is 6.07 Å². The molecule has 1 heterocycles. The van der Waals surface area contributed by atoms with Crippen LogP contribution in [0.1, 0.15) is 56.6 Å². The van der Waals surface area contributed by atoms with Gasteiger partial charge in [-0.25, -0.2) is 4.39 Å². The molecule has 3 saturated carbocycles. The van der Waals surface area contributed by atoms with E-state index in [1.54, 1.807) is 7.11 Å². The second-order valence-corrected chi connectivity index (χ2v) is 7.46. The summed E-state index contributed by atoms with van der Waals surface area (Å²) in [6.07, 6.45) is 6.59. The molecule has 1 atom stereocenters. The van der Waals surface area contributed by atoms with Gasteiger partial charge in [-0.05, 0) is 61.4 Å². The van der Waals surface area contributed by atoms with Crippen LogP contribution in [0.15, 0.2) is 23.2 Å². The number of methoxy groups -OCH3 is 1. The van der Waals surface area contributed by atoms with E-state index in [0.29, 0.717) is 25.3 Å². The highest BCUT2D eigenvalue weighted by atomic mass is 19.1. The largest absolute Gasteiger partial charge is 0.497 e. The van der Waals surface area contributed by atoms with Gasteiger partial charge in [0.05, 0.1) is 13.2 Å². The Labute approximate surface area is 131 Å². The summed E-state index contributed by atoms with van der Waals surface area (Å²) in [5, 5.41) is 0. The summed E-state index contributed by atoms with van der Waals surface area (Å²) in [4.78, 5) is 5.09. The van der Waals surface area contributed by atoms with E-state index < -0.39 is 5.67 Å². The zero-order valence-corrected chi connectivity index (χ0v) is 13.5. The smallest absolute Gasteiger partial charge is 0.119 e. The first-order valence-electron chi connectivity index (χ1n) is 8.52. The van der Waals surface area contributed by atoms with Crippen LogP contribution in [-0.2, 0) is 6.42 Å². The van der Waals surface area contributed by atoms with Crippen LogP contribution in [0.2, 0.25) is 0 Å². The summed E-state index contributed by atoms with van der Waals surface area (Å²) < 4.78 is 19.4. The number of benzene rings is 1. The van der Waals surface area contributed by atoms with Crippen molar-refractivity contribution in [2.45, 2.75) is 63.6 Å². The van der Waals surface area contributed by atoms with Crippen LogP contribution >= 0.6 is 0 Å². The van der Waals surface area contributed by atoms with Crippen LogP contribution in [0.25, 0.3) is 0 Å². The van der Waals surface area contributed by atoms with Gasteiger partial charge in [0.1, 0.15) is 11.4 Å². The van der Waals surface area contributed by atoms with E-state index in [2.05, 4.69) is 19.1 Å². The number of hydrogen-bond donors (Lipinski definition) is 0. The highest BCUT2D eigenvalue weighted by molar-refractivity contribution is 6.09. The molecule has 3 aliphatic carbocycles. The Morgan fingerprint density at radius 2 is 2.09 bits per heavy atom. The molecule has 0 N–H and O–H groups in total. The van der Waals surface area contributed by atoms with Gasteiger partial charge in [0, 0.05) is 11.1 Å². The summed E-state index contributed by atoms with van der Waals surface area (Å²) in [7, 11) is 1.71. The van der Waals surface area contributed by atoms with Crippen molar-refractivity contribution in [2.24, 2.45) is 10.4 Å². The number of unbranched alkanes of at least 4 members (excludes halogenated alkanes) is 1. The topological polar surface area (TPSA) is 21.6 Å². The highest BCUT2D eigenvalue weighted by Crippen LogP contribution is 2.71. The van der Waals surface area contributed by atoms with E-state index in [4.69, 9.17) is 9.73 Å². The van der Waals surface area contributed by atoms with Gasteiger partial charge in [-0.15, -0.1) is 0 Å². The van der Waals surface area contributed by atoms with E-state index in [-0.39, 0.29) is 5.41 Å². The van der Waals surface area contributed by atoms with Crippen molar-refractivity contribution in [1.29, 1.82) is 0 Å². The third kappa shape index (κ3) is 2.01. The predicted octanol–water partition coefficient (Wildman–Crippen LogP) is 4.49. The van der Waals surface area contributed by atoms with Gasteiger partial charge in [-0.1, -0.05) is 19.8 Å². The monoisotopic (exact) mass is 301 g/mol. The third-order valence-corrected chi connectivity index (χ3v) is 5.69. The fraction of sp³-hybridized carbons (Fsp3) is 0.632. The number of rotatable bonds is 5. The summed E-state index contributed by atoms with van der Waals surface area (Å²) in [5.41, 5.74) is 2.95. The Kier molecular flexibility index (Phi) is 3.11. The van der Waals surface area contributed by atoms with Crippen LogP contribution < -0.4 is 4.74 Å². The quantitative estimate of drug-likeness (QED) is 0.785. The fourth-order valence-electron chi connectivity index (χ4n) is 4.59. The second-order valence-electron chi connectivity index (χ2n) is 7.46. The Balaban J connectivity index is 1.69. The van der Waals surface area contributed by atoms with Crippen molar-refractivity contribution >= 4 is 5.71 Å². The van der Waals surface area contributed by atoms with Crippen LogP contribution in [0.3, 0.4) is 0 Å².